The van der Waals surface area contributed by atoms with Crippen LogP contribution in [0.4, 0.5) is 10.1 Å². The molecule has 7 nitrogen and oxygen atoms in total. The molecule has 208 valence electrons. The Hall–Kier alpha value is -3.72. The van der Waals surface area contributed by atoms with Gasteiger partial charge >= 0.3 is 0 Å². The predicted octanol–water partition coefficient (Wildman–Crippen LogP) is 4.31. The minimum atomic E-state index is -3.95. The standard InChI is InChI=1S/C30H36FN3O4S/c1-22(2)19-32-30(36)28(17-24-9-6-5-7-10-24)33(20-25-15-13-23(3)14-16-25)29(35)21-34(39(4,37)38)27-12-8-11-26(31)18-27/h5-16,18,22,28H,17,19-21H2,1-4H3,(H,32,36)/t28-/m1/s1. The van der Waals surface area contributed by atoms with E-state index in [0.29, 0.717) is 6.54 Å². The molecule has 0 bridgehead atoms. The lowest BCUT2D eigenvalue weighted by molar-refractivity contribution is -0.140. The summed E-state index contributed by atoms with van der Waals surface area (Å²) in [6, 6.07) is 21.1. The van der Waals surface area contributed by atoms with Gasteiger partial charge in [0.25, 0.3) is 0 Å². The summed E-state index contributed by atoms with van der Waals surface area (Å²) in [6.07, 6.45) is 1.20. The van der Waals surface area contributed by atoms with Gasteiger partial charge < -0.3 is 10.2 Å². The summed E-state index contributed by atoms with van der Waals surface area (Å²) < 4.78 is 40.3. The number of carbonyl (C=O) groups is 2. The Bertz CT molecular complexity index is 1360. The number of halogens is 1. The molecule has 0 unspecified atom stereocenters. The molecule has 0 saturated heterocycles. The summed E-state index contributed by atoms with van der Waals surface area (Å²) in [5.74, 6) is -1.34. The van der Waals surface area contributed by atoms with Crippen molar-refractivity contribution in [3.8, 4) is 0 Å². The van der Waals surface area contributed by atoms with E-state index in [1.54, 1.807) is 0 Å². The topological polar surface area (TPSA) is 86.8 Å². The van der Waals surface area contributed by atoms with Crippen LogP contribution >= 0.6 is 0 Å². The quantitative estimate of drug-likeness (QED) is 0.362. The Morgan fingerprint density at radius 1 is 0.923 bits per heavy atom. The molecule has 0 radical (unpaired) electrons. The van der Waals surface area contributed by atoms with Crippen molar-refractivity contribution >= 4 is 27.5 Å². The van der Waals surface area contributed by atoms with Crippen molar-refractivity contribution in [2.45, 2.75) is 39.8 Å². The van der Waals surface area contributed by atoms with Crippen LogP contribution in [-0.4, -0.2) is 50.5 Å². The summed E-state index contributed by atoms with van der Waals surface area (Å²) in [6.45, 7) is 5.83. The van der Waals surface area contributed by atoms with Crippen molar-refractivity contribution < 1.29 is 22.4 Å². The Labute approximate surface area is 230 Å². The number of hydrogen-bond donors (Lipinski definition) is 1. The first-order chi connectivity index (χ1) is 18.4. The smallest absolute Gasteiger partial charge is 0.244 e. The first-order valence-corrected chi connectivity index (χ1v) is 14.7. The lowest BCUT2D eigenvalue weighted by Gasteiger charge is -2.33. The van der Waals surface area contributed by atoms with Crippen molar-refractivity contribution in [2.75, 3.05) is 23.7 Å². The molecule has 9 heteroatoms. The van der Waals surface area contributed by atoms with Gasteiger partial charge in [-0.1, -0.05) is 80.1 Å². The Kier molecular flexibility index (Phi) is 10.2. The number of nitrogens with one attached hydrogen (secondary N) is 1. The summed E-state index contributed by atoms with van der Waals surface area (Å²) in [4.78, 5) is 28.9. The number of anilines is 1. The molecule has 3 rings (SSSR count). The molecule has 1 atom stereocenters. The highest BCUT2D eigenvalue weighted by atomic mass is 32.2. The summed E-state index contributed by atoms with van der Waals surface area (Å²) >= 11 is 0. The largest absolute Gasteiger partial charge is 0.354 e. The van der Waals surface area contributed by atoms with Gasteiger partial charge in [0.15, 0.2) is 0 Å². The Morgan fingerprint density at radius 3 is 2.18 bits per heavy atom. The Balaban J connectivity index is 2.04. The van der Waals surface area contributed by atoms with Gasteiger partial charge in [-0.25, -0.2) is 12.8 Å². The highest BCUT2D eigenvalue weighted by Gasteiger charge is 2.33. The van der Waals surface area contributed by atoms with E-state index < -0.39 is 34.3 Å². The monoisotopic (exact) mass is 553 g/mol. The van der Waals surface area contributed by atoms with Crippen LogP contribution in [0.3, 0.4) is 0 Å². The third-order valence-corrected chi connectivity index (χ3v) is 7.35. The summed E-state index contributed by atoms with van der Waals surface area (Å²) in [5, 5.41) is 2.94. The predicted molar refractivity (Wildman–Crippen MR) is 152 cm³/mol. The second kappa shape index (κ2) is 13.4. The van der Waals surface area contributed by atoms with E-state index in [2.05, 4.69) is 5.32 Å². The SMILES string of the molecule is Cc1ccc(CN(C(=O)CN(c2cccc(F)c2)S(C)(=O)=O)[C@H](Cc2ccccc2)C(=O)NCC(C)C)cc1. The second-order valence-corrected chi connectivity index (χ2v) is 12.0. The molecule has 2 amide bonds. The van der Waals surface area contributed by atoms with E-state index >= 15 is 0 Å². The molecule has 0 aromatic heterocycles. The van der Waals surface area contributed by atoms with Gasteiger partial charge in [-0.05, 0) is 42.2 Å². The molecule has 1 N–H and O–H groups in total. The number of amides is 2. The van der Waals surface area contributed by atoms with Crippen LogP contribution < -0.4 is 9.62 Å². The van der Waals surface area contributed by atoms with Crippen LogP contribution in [-0.2, 0) is 32.6 Å². The van der Waals surface area contributed by atoms with Crippen molar-refractivity contribution in [2.24, 2.45) is 5.92 Å². The number of benzene rings is 3. The lowest BCUT2D eigenvalue weighted by Crippen LogP contribution is -2.53. The molecule has 3 aromatic carbocycles. The van der Waals surface area contributed by atoms with Crippen LogP contribution in [0.15, 0.2) is 78.9 Å². The van der Waals surface area contributed by atoms with Gasteiger partial charge in [0, 0.05) is 19.5 Å². The number of aryl methyl sites for hydroxylation is 1. The molecule has 0 heterocycles. The first kappa shape index (κ1) is 29.8. The van der Waals surface area contributed by atoms with Crippen molar-refractivity contribution in [1.29, 1.82) is 0 Å². The van der Waals surface area contributed by atoms with Crippen molar-refractivity contribution in [3.05, 3.63) is 101 Å². The minimum absolute atomic E-state index is 0.0324. The van der Waals surface area contributed by atoms with Crippen molar-refractivity contribution in [3.63, 3.8) is 0 Å². The van der Waals surface area contributed by atoms with Crippen LogP contribution in [0, 0.1) is 18.7 Å². The summed E-state index contributed by atoms with van der Waals surface area (Å²) in [5.41, 5.74) is 2.72. The van der Waals surface area contributed by atoms with E-state index in [9.17, 15) is 22.4 Å². The number of hydrogen-bond acceptors (Lipinski definition) is 4. The zero-order valence-corrected chi connectivity index (χ0v) is 23.6. The van der Waals surface area contributed by atoms with Gasteiger partial charge in [0.05, 0.1) is 11.9 Å². The van der Waals surface area contributed by atoms with E-state index in [-0.39, 0.29) is 30.5 Å². The Morgan fingerprint density at radius 2 is 1.59 bits per heavy atom. The molecular formula is C30H36FN3O4S. The first-order valence-electron chi connectivity index (χ1n) is 12.8. The van der Waals surface area contributed by atoms with Crippen LogP contribution in [0.5, 0.6) is 0 Å². The number of sulfonamides is 1. The maximum Gasteiger partial charge on any atom is 0.244 e. The van der Waals surface area contributed by atoms with Crippen LogP contribution in [0.25, 0.3) is 0 Å². The average molecular weight is 554 g/mol. The minimum Gasteiger partial charge on any atom is -0.354 e. The fourth-order valence-corrected chi connectivity index (χ4v) is 4.95. The van der Waals surface area contributed by atoms with E-state index in [1.165, 1.54) is 23.1 Å². The van der Waals surface area contributed by atoms with E-state index in [1.807, 2.05) is 75.4 Å². The van der Waals surface area contributed by atoms with E-state index in [4.69, 9.17) is 0 Å². The van der Waals surface area contributed by atoms with Gasteiger partial charge in [-0.2, -0.15) is 0 Å². The highest BCUT2D eigenvalue weighted by molar-refractivity contribution is 7.92. The lowest BCUT2D eigenvalue weighted by atomic mass is 10.0. The molecule has 0 aliphatic carbocycles. The van der Waals surface area contributed by atoms with Crippen molar-refractivity contribution in [1.82, 2.24) is 10.2 Å². The molecular weight excluding hydrogens is 517 g/mol. The third kappa shape index (κ3) is 8.92. The molecule has 0 saturated carbocycles. The molecule has 0 aliphatic heterocycles. The van der Waals surface area contributed by atoms with Crippen LogP contribution in [0.2, 0.25) is 0 Å². The normalized spacial score (nSPS) is 12.2. The molecule has 39 heavy (non-hydrogen) atoms. The van der Waals surface area contributed by atoms with Gasteiger partial charge in [0.1, 0.15) is 18.4 Å². The molecule has 0 fully saturated rings. The number of nitrogens with zero attached hydrogens (tertiary/aromatic N) is 2. The van der Waals surface area contributed by atoms with Gasteiger partial charge in [-0.15, -0.1) is 0 Å². The molecule has 3 aromatic rings. The maximum absolute atomic E-state index is 14.0. The average Bonchev–Trinajstić information content (AvgIpc) is 2.88. The number of carbonyl (C=O) groups excluding carboxylic acids is 2. The van der Waals surface area contributed by atoms with Gasteiger partial charge in [-0.3, -0.25) is 13.9 Å². The van der Waals surface area contributed by atoms with Crippen LogP contribution in [0.1, 0.15) is 30.5 Å². The maximum atomic E-state index is 14.0. The zero-order chi connectivity index (χ0) is 28.6. The molecule has 0 spiro atoms. The fraction of sp³-hybridized carbons (Fsp3) is 0.333. The highest BCUT2D eigenvalue weighted by Crippen LogP contribution is 2.21. The second-order valence-electron chi connectivity index (χ2n) is 10.1. The van der Waals surface area contributed by atoms with E-state index in [0.717, 1.165) is 33.3 Å². The zero-order valence-electron chi connectivity index (χ0n) is 22.8. The summed E-state index contributed by atoms with van der Waals surface area (Å²) in [7, 11) is -3.95. The van der Waals surface area contributed by atoms with Gasteiger partial charge in [0.2, 0.25) is 21.8 Å². The number of rotatable bonds is 12. The molecule has 0 aliphatic rings. The third-order valence-electron chi connectivity index (χ3n) is 6.20. The fourth-order valence-electron chi connectivity index (χ4n) is 4.11.